The van der Waals surface area contributed by atoms with Crippen molar-refractivity contribution in [2.24, 2.45) is 0 Å². The normalized spacial score (nSPS) is 14.4. The third kappa shape index (κ3) is 2.60. The summed E-state index contributed by atoms with van der Waals surface area (Å²) in [4.78, 5) is 18.6. The summed E-state index contributed by atoms with van der Waals surface area (Å²) in [7, 11) is 0. The maximum Gasteiger partial charge on any atom is 0.414 e. The number of carbonyl (C=O) groups excluding carboxylic acids is 1. The fourth-order valence-corrected chi connectivity index (χ4v) is 2.81. The molecule has 104 valence electrons. The van der Waals surface area contributed by atoms with Crippen LogP contribution in [-0.4, -0.2) is 24.2 Å². The summed E-state index contributed by atoms with van der Waals surface area (Å²) in [5.41, 5.74) is 4.75. The number of benzene rings is 1. The molecule has 20 heavy (non-hydrogen) atoms. The molecule has 1 aromatic carbocycles. The molecule has 1 aliphatic rings. The fraction of sp³-hybridized carbons (Fsp3) is 0.286. The van der Waals surface area contributed by atoms with Crippen molar-refractivity contribution >= 4 is 28.8 Å². The molecule has 0 atom stereocenters. The lowest BCUT2D eigenvalue weighted by Crippen LogP contribution is -2.23. The highest BCUT2D eigenvalue weighted by atomic mass is 32.1. The van der Waals surface area contributed by atoms with E-state index in [1.807, 2.05) is 36.7 Å². The van der Waals surface area contributed by atoms with Crippen LogP contribution in [-0.2, 0) is 11.3 Å². The average molecular weight is 289 g/mol. The van der Waals surface area contributed by atoms with Crippen molar-refractivity contribution in [3.8, 4) is 0 Å². The topological polar surface area (TPSA) is 54.5 Å². The van der Waals surface area contributed by atoms with E-state index in [1.54, 1.807) is 16.2 Å². The van der Waals surface area contributed by atoms with E-state index in [0.717, 1.165) is 23.6 Å². The Labute approximate surface area is 121 Å². The van der Waals surface area contributed by atoms with Crippen molar-refractivity contribution < 1.29 is 9.53 Å². The van der Waals surface area contributed by atoms with Gasteiger partial charge in [0, 0.05) is 16.3 Å². The number of amides is 1. The predicted molar refractivity (Wildman–Crippen MR) is 79.3 cm³/mol. The number of ether oxygens (including phenoxy) is 1. The second-order valence-electron chi connectivity index (χ2n) is 4.53. The Balaban J connectivity index is 1.71. The Morgan fingerprint density at radius 2 is 2.40 bits per heavy atom. The molecule has 0 radical (unpaired) electrons. The largest absolute Gasteiger partial charge is 0.447 e. The maximum atomic E-state index is 11.6. The average Bonchev–Trinajstić information content (AvgIpc) is 3.05. The third-order valence-electron chi connectivity index (χ3n) is 3.22. The number of cyclic esters (lactones) is 1. The Morgan fingerprint density at radius 1 is 1.50 bits per heavy atom. The molecular weight excluding hydrogens is 274 g/mol. The zero-order chi connectivity index (χ0) is 13.9. The molecule has 0 aliphatic carbocycles. The van der Waals surface area contributed by atoms with Crippen LogP contribution in [0, 0.1) is 6.92 Å². The summed E-state index contributed by atoms with van der Waals surface area (Å²) in [6.45, 7) is 3.81. The van der Waals surface area contributed by atoms with Crippen molar-refractivity contribution in [3.63, 3.8) is 0 Å². The molecule has 3 rings (SSSR count). The van der Waals surface area contributed by atoms with E-state index in [-0.39, 0.29) is 6.09 Å². The van der Waals surface area contributed by atoms with Gasteiger partial charge in [0.05, 0.1) is 24.3 Å². The van der Waals surface area contributed by atoms with Gasteiger partial charge in [-0.15, -0.1) is 11.3 Å². The van der Waals surface area contributed by atoms with E-state index in [1.165, 1.54) is 4.88 Å². The molecular formula is C14H15N3O2S. The van der Waals surface area contributed by atoms with Gasteiger partial charge >= 0.3 is 6.09 Å². The lowest BCUT2D eigenvalue weighted by molar-refractivity contribution is 0.181. The van der Waals surface area contributed by atoms with E-state index in [9.17, 15) is 4.79 Å². The molecule has 0 unspecified atom stereocenters. The smallest absolute Gasteiger partial charge is 0.414 e. The highest BCUT2D eigenvalue weighted by molar-refractivity contribution is 7.09. The van der Waals surface area contributed by atoms with Crippen LogP contribution in [0.5, 0.6) is 0 Å². The lowest BCUT2D eigenvalue weighted by Gasteiger charge is -2.14. The minimum atomic E-state index is -0.277. The number of hydrogen-bond acceptors (Lipinski definition) is 5. The van der Waals surface area contributed by atoms with Crippen molar-refractivity contribution in [2.75, 3.05) is 23.4 Å². The molecule has 0 saturated carbocycles. The van der Waals surface area contributed by atoms with Crippen molar-refractivity contribution in [1.29, 1.82) is 0 Å². The predicted octanol–water partition coefficient (Wildman–Crippen LogP) is 3.02. The number of carbonyl (C=O) groups is 1. The van der Waals surface area contributed by atoms with Crippen molar-refractivity contribution in [1.82, 2.24) is 4.98 Å². The first-order chi connectivity index (χ1) is 9.74. The zero-order valence-electron chi connectivity index (χ0n) is 11.1. The fourth-order valence-electron chi connectivity index (χ4n) is 2.09. The third-order valence-corrected chi connectivity index (χ3v) is 4.15. The van der Waals surface area contributed by atoms with Gasteiger partial charge in [-0.1, -0.05) is 6.07 Å². The highest BCUT2D eigenvalue weighted by Crippen LogP contribution is 2.23. The summed E-state index contributed by atoms with van der Waals surface area (Å²) in [5, 5.41) is 3.36. The summed E-state index contributed by atoms with van der Waals surface area (Å²) in [5.74, 6) is 0. The first kappa shape index (κ1) is 12.9. The zero-order valence-corrected chi connectivity index (χ0v) is 11.9. The Morgan fingerprint density at radius 3 is 3.10 bits per heavy atom. The van der Waals surface area contributed by atoms with Crippen LogP contribution in [0.2, 0.25) is 0 Å². The first-order valence-electron chi connectivity index (χ1n) is 6.41. The Bertz CT molecular complexity index is 626. The summed E-state index contributed by atoms with van der Waals surface area (Å²) in [6, 6.07) is 7.79. The molecule has 1 aliphatic heterocycles. The second-order valence-corrected chi connectivity index (χ2v) is 5.47. The SMILES string of the molecule is Cc1ncsc1CNc1cccc(N2CCOC2=O)c1. The van der Waals surface area contributed by atoms with Gasteiger partial charge in [-0.3, -0.25) is 4.90 Å². The van der Waals surface area contributed by atoms with E-state index in [0.29, 0.717) is 13.2 Å². The molecule has 6 heteroatoms. The van der Waals surface area contributed by atoms with Gasteiger partial charge in [-0.05, 0) is 25.1 Å². The van der Waals surface area contributed by atoms with Gasteiger partial charge in [0.25, 0.3) is 0 Å². The number of hydrogen-bond donors (Lipinski definition) is 1. The number of rotatable bonds is 4. The van der Waals surface area contributed by atoms with E-state index in [4.69, 9.17) is 4.74 Å². The Hall–Kier alpha value is -2.08. The van der Waals surface area contributed by atoms with Gasteiger partial charge in [0.15, 0.2) is 0 Å². The number of aromatic nitrogens is 1. The molecule has 1 N–H and O–H groups in total. The lowest BCUT2D eigenvalue weighted by atomic mass is 10.2. The number of aryl methyl sites for hydroxylation is 1. The molecule has 1 saturated heterocycles. The Kier molecular flexibility index (Phi) is 3.56. The van der Waals surface area contributed by atoms with Gasteiger partial charge < -0.3 is 10.1 Å². The molecule has 0 bridgehead atoms. The summed E-state index contributed by atoms with van der Waals surface area (Å²) in [6.07, 6.45) is -0.277. The van der Waals surface area contributed by atoms with Gasteiger partial charge in [0.2, 0.25) is 0 Å². The monoisotopic (exact) mass is 289 g/mol. The molecule has 0 spiro atoms. The summed E-state index contributed by atoms with van der Waals surface area (Å²) >= 11 is 1.64. The van der Waals surface area contributed by atoms with Crippen molar-refractivity contribution in [3.05, 3.63) is 40.3 Å². The molecule has 5 nitrogen and oxygen atoms in total. The standard InChI is InChI=1S/C14H15N3O2S/c1-10-13(20-9-16-10)8-15-11-3-2-4-12(7-11)17-5-6-19-14(17)18/h2-4,7,9,15H,5-6,8H2,1H3. The molecule has 1 fully saturated rings. The van der Waals surface area contributed by atoms with Crippen LogP contribution < -0.4 is 10.2 Å². The van der Waals surface area contributed by atoms with Crippen LogP contribution in [0.3, 0.4) is 0 Å². The van der Waals surface area contributed by atoms with Crippen molar-refractivity contribution in [2.45, 2.75) is 13.5 Å². The van der Waals surface area contributed by atoms with E-state index < -0.39 is 0 Å². The molecule has 1 amide bonds. The van der Waals surface area contributed by atoms with Gasteiger partial charge in [-0.25, -0.2) is 9.78 Å². The second kappa shape index (κ2) is 5.50. The van der Waals surface area contributed by atoms with Crippen LogP contribution in [0.1, 0.15) is 10.6 Å². The van der Waals surface area contributed by atoms with Gasteiger partial charge in [-0.2, -0.15) is 0 Å². The quantitative estimate of drug-likeness (QED) is 0.940. The van der Waals surface area contributed by atoms with Crippen LogP contribution >= 0.6 is 11.3 Å². The van der Waals surface area contributed by atoms with E-state index in [2.05, 4.69) is 10.3 Å². The highest BCUT2D eigenvalue weighted by Gasteiger charge is 2.23. The van der Waals surface area contributed by atoms with Crippen LogP contribution in [0.25, 0.3) is 0 Å². The number of nitrogens with one attached hydrogen (secondary N) is 1. The number of nitrogens with zero attached hydrogens (tertiary/aromatic N) is 2. The van der Waals surface area contributed by atoms with Gasteiger partial charge in [0.1, 0.15) is 6.61 Å². The van der Waals surface area contributed by atoms with Crippen LogP contribution in [0.4, 0.5) is 16.2 Å². The number of anilines is 2. The summed E-state index contributed by atoms with van der Waals surface area (Å²) < 4.78 is 4.95. The minimum absolute atomic E-state index is 0.277. The minimum Gasteiger partial charge on any atom is -0.447 e. The van der Waals surface area contributed by atoms with Crippen LogP contribution in [0.15, 0.2) is 29.8 Å². The first-order valence-corrected chi connectivity index (χ1v) is 7.29. The molecule has 2 heterocycles. The van der Waals surface area contributed by atoms with E-state index >= 15 is 0 Å². The molecule has 1 aromatic heterocycles. The maximum absolute atomic E-state index is 11.6. The number of thiazole rings is 1. The molecule has 2 aromatic rings.